The third kappa shape index (κ3) is 9.67. The Hall–Kier alpha value is -3.15. The quantitative estimate of drug-likeness (QED) is 0.250. The van der Waals surface area contributed by atoms with Gasteiger partial charge in [0.05, 0.1) is 12.6 Å². The van der Waals surface area contributed by atoms with Crippen molar-refractivity contribution in [3.63, 3.8) is 0 Å². The van der Waals surface area contributed by atoms with Crippen molar-refractivity contribution in [2.24, 2.45) is 0 Å². The summed E-state index contributed by atoms with van der Waals surface area (Å²) in [7, 11) is 0. The molecule has 0 radical (unpaired) electrons. The van der Waals surface area contributed by atoms with Crippen molar-refractivity contribution in [3.05, 3.63) is 35.9 Å². The van der Waals surface area contributed by atoms with E-state index < -0.39 is 48.1 Å². The molecule has 1 aliphatic rings. The number of halogens is 3. The first-order valence-electron chi connectivity index (χ1n) is 12.4. The molecule has 1 aromatic carbocycles. The largest absolute Gasteiger partial charge is 0.480 e. The highest BCUT2D eigenvalue weighted by Crippen LogP contribution is 2.21. The molecule has 0 aromatic heterocycles. The van der Waals surface area contributed by atoms with Gasteiger partial charge in [0.25, 0.3) is 0 Å². The van der Waals surface area contributed by atoms with Gasteiger partial charge in [-0.1, -0.05) is 30.3 Å². The minimum Gasteiger partial charge on any atom is -0.480 e. The van der Waals surface area contributed by atoms with Crippen LogP contribution < -0.4 is 10.6 Å². The van der Waals surface area contributed by atoms with Crippen LogP contribution in [0, 0.1) is 0 Å². The van der Waals surface area contributed by atoms with Crippen molar-refractivity contribution in [3.8, 4) is 0 Å². The van der Waals surface area contributed by atoms with E-state index in [1.165, 1.54) is 4.90 Å². The molecule has 37 heavy (non-hydrogen) atoms. The second-order valence-corrected chi connectivity index (χ2v) is 8.83. The number of benzene rings is 1. The van der Waals surface area contributed by atoms with E-state index in [9.17, 15) is 37.5 Å². The molecule has 1 aliphatic heterocycles. The maximum Gasteiger partial charge on any atom is 0.471 e. The molecule has 0 spiro atoms. The molecule has 2 amide bonds. The number of amides is 2. The molecule has 0 unspecified atom stereocenters. The van der Waals surface area contributed by atoms with Crippen LogP contribution in [0.1, 0.15) is 51.0 Å². The smallest absolute Gasteiger partial charge is 0.471 e. The lowest BCUT2D eigenvalue weighted by Gasteiger charge is -2.30. The molecule has 1 saturated heterocycles. The summed E-state index contributed by atoms with van der Waals surface area (Å²) in [6.45, 7) is 1.80. The van der Waals surface area contributed by atoms with E-state index in [1.807, 2.05) is 30.3 Å². The van der Waals surface area contributed by atoms with Crippen LogP contribution in [-0.4, -0.2) is 77.8 Å². The number of carbonyl (C=O) groups is 4. The van der Waals surface area contributed by atoms with Gasteiger partial charge in [-0.05, 0) is 57.4 Å². The number of likely N-dealkylation sites (tertiary alicyclic amines) is 1. The number of carbonyl (C=O) groups excluding carboxylic acids is 3. The number of nitrogens with one attached hydrogen (secondary N) is 2. The SMILES string of the molecule is CCOC(=O)[C@@H](CCc1ccccc1)N[C@@H](CCCCNC(=O)C(F)(F)F)C(=O)N1CCC[C@H]1C(=O)O. The van der Waals surface area contributed by atoms with Gasteiger partial charge in [0.1, 0.15) is 12.1 Å². The summed E-state index contributed by atoms with van der Waals surface area (Å²) in [5.41, 5.74) is 0.979. The van der Waals surface area contributed by atoms with Crippen molar-refractivity contribution in [2.45, 2.75) is 76.2 Å². The van der Waals surface area contributed by atoms with Gasteiger partial charge in [0, 0.05) is 13.1 Å². The van der Waals surface area contributed by atoms with Crippen LogP contribution in [0.15, 0.2) is 30.3 Å². The lowest BCUT2D eigenvalue weighted by Crippen LogP contribution is -2.54. The van der Waals surface area contributed by atoms with Crippen LogP contribution in [0.3, 0.4) is 0 Å². The predicted molar refractivity (Wildman–Crippen MR) is 127 cm³/mol. The van der Waals surface area contributed by atoms with Gasteiger partial charge in [0.2, 0.25) is 5.91 Å². The Kier molecular flexibility index (Phi) is 11.8. The Morgan fingerprint density at radius 2 is 1.81 bits per heavy atom. The molecule has 3 atom stereocenters. The lowest BCUT2D eigenvalue weighted by molar-refractivity contribution is -0.173. The monoisotopic (exact) mass is 529 g/mol. The van der Waals surface area contributed by atoms with Crippen molar-refractivity contribution in [1.29, 1.82) is 0 Å². The molecular formula is C25H34F3N3O6. The molecule has 206 valence electrons. The number of unbranched alkanes of at least 4 members (excludes halogenated alkanes) is 1. The number of carboxylic acids is 1. The minimum absolute atomic E-state index is 0.130. The molecule has 1 heterocycles. The number of alkyl halides is 3. The Bertz CT molecular complexity index is 913. The van der Waals surface area contributed by atoms with Crippen molar-refractivity contribution in [1.82, 2.24) is 15.5 Å². The maximum absolute atomic E-state index is 13.4. The summed E-state index contributed by atoms with van der Waals surface area (Å²) >= 11 is 0. The van der Waals surface area contributed by atoms with Crippen molar-refractivity contribution in [2.75, 3.05) is 19.7 Å². The van der Waals surface area contributed by atoms with E-state index in [-0.39, 0.29) is 39.0 Å². The third-order valence-electron chi connectivity index (χ3n) is 6.12. The minimum atomic E-state index is -4.98. The second kappa shape index (κ2) is 14.6. The van der Waals surface area contributed by atoms with Gasteiger partial charge in [0.15, 0.2) is 0 Å². The van der Waals surface area contributed by atoms with E-state index in [4.69, 9.17) is 4.74 Å². The Balaban J connectivity index is 2.11. The van der Waals surface area contributed by atoms with Crippen LogP contribution in [0.4, 0.5) is 13.2 Å². The first-order valence-corrected chi connectivity index (χ1v) is 12.4. The lowest BCUT2D eigenvalue weighted by atomic mass is 10.0. The number of carboxylic acid groups (broad SMARTS) is 1. The number of hydrogen-bond acceptors (Lipinski definition) is 6. The maximum atomic E-state index is 13.4. The molecule has 9 nitrogen and oxygen atoms in total. The van der Waals surface area contributed by atoms with Gasteiger partial charge in [-0.15, -0.1) is 0 Å². The zero-order chi connectivity index (χ0) is 27.4. The first kappa shape index (κ1) is 30.1. The summed E-state index contributed by atoms with van der Waals surface area (Å²) in [6.07, 6.45) is -2.77. The second-order valence-electron chi connectivity index (χ2n) is 8.83. The Morgan fingerprint density at radius 3 is 2.43 bits per heavy atom. The van der Waals surface area contributed by atoms with Crippen molar-refractivity contribution >= 4 is 23.8 Å². The van der Waals surface area contributed by atoms with Crippen LogP contribution in [0.5, 0.6) is 0 Å². The molecule has 0 saturated carbocycles. The van der Waals surface area contributed by atoms with E-state index in [2.05, 4.69) is 5.32 Å². The van der Waals surface area contributed by atoms with Gasteiger partial charge < -0.3 is 20.1 Å². The molecule has 1 fully saturated rings. The number of rotatable bonds is 14. The van der Waals surface area contributed by atoms with Gasteiger partial charge >= 0.3 is 24.0 Å². The fourth-order valence-corrected chi connectivity index (χ4v) is 4.25. The third-order valence-corrected chi connectivity index (χ3v) is 6.12. The summed E-state index contributed by atoms with van der Waals surface area (Å²) < 4.78 is 42.3. The normalized spacial score (nSPS) is 17.2. The van der Waals surface area contributed by atoms with Gasteiger partial charge in [-0.3, -0.25) is 19.7 Å². The molecule has 3 N–H and O–H groups in total. The molecule has 12 heteroatoms. The number of esters is 1. The zero-order valence-corrected chi connectivity index (χ0v) is 20.8. The summed E-state index contributed by atoms with van der Waals surface area (Å²) in [5, 5.41) is 14.3. The van der Waals surface area contributed by atoms with Gasteiger partial charge in [-0.25, -0.2) is 4.79 Å². The topological polar surface area (TPSA) is 125 Å². The average Bonchev–Trinajstić information content (AvgIpc) is 3.35. The summed E-state index contributed by atoms with van der Waals surface area (Å²) in [6, 6.07) is 6.62. The highest BCUT2D eigenvalue weighted by atomic mass is 19.4. The molecular weight excluding hydrogens is 495 g/mol. The number of aryl methyl sites for hydroxylation is 1. The van der Waals surface area contributed by atoms with Crippen LogP contribution in [0.2, 0.25) is 0 Å². The first-order chi connectivity index (χ1) is 17.5. The standard InChI is InChI=1S/C25H34F3N3O6/c1-2-37-23(35)19(14-13-17-9-4-3-5-10-17)30-18(11-6-7-15-29-24(36)25(26,27)28)21(32)31-16-8-12-20(31)22(33)34/h3-5,9-10,18-20,30H,2,6-8,11-16H2,1H3,(H,29,36)(H,33,34)/t18-,19+,20-/m0/s1. The molecule has 1 aromatic rings. The van der Waals surface area contributed by atoms with Gasteiger partial charge in [-0.2, -0.15) is 13.2 Å². The van der Waals surface area contributed by atoms with Crippen molar-refractivity contribution < 1.29 is 42.2 Å². The summed E-state index contributed by atoms with van der Waals surface area (Å²) in [4.78, 5) is 50.0. The predicted octanol–water partition coefficient (Wildman–Crippen LogP) is 2.43. The highest BCUT2D eigenvalue weighted by molar-refractivity contribution is 5.88. The van der Waals surface area contributed by atoms with E-state index >= 15 is 0 Å². The van der Waals surface area contributed by atoms with E-state index in [0.717, 1.165) is 5.56 Å². The van der Waals surface area contributed by atoms with E-state index in [0.29, 0.717) is 25.7 Å². The number of aliphatic carboxylic acids is 1. The summed E-state index contributed by atoms with van der Waals surface area (Å²) in [5.74, 6) is -4.20. The average molecular weight is 530 g/mol. The Morgan fingerprint density at radius 1 is 1.11 bits per heavy atom. The number of nitrogens with zero attached hydrogens (tertiary/aromatic N) is 1. The molecule has 0 bridgehead atoms. The van der Waals surface area contributed by atoms with Crippen LogP contribution in [-0.2, 0) is 30.3 Å². The highest BCUT2D eigenvalue weighted by Gasteiger charge is 2.39. The number of hydrogen-bond donors (Lipinski definition) is 3. The zero-order valence-electron chi connectivity index (χ0n) is 20.8. The van der Waals surface area contributed by atoms with Crippen LogP contribution >= 0.6 is 0 Å². The number of ether oxygens (including phenoxy) is 1. The molecule has 2 rings (SSSR count). The van der Waals surface area contributed by atoms with E-state index in [1.54, 1.807) is 12.2 Å². The van der Waals surface area contributed by atoms with Crippen LogP contribution in [0.25, 0.3) is 0 Å². The fraction of sp³-hybridized carbons (Fsp3) is 0.600. The Labute approximate surface area is 213 Å². The molecule has 0 aliphatic carbocycles. The fourth-order valence-electron chi connectivity index (χ4n) is 4.25.